The number of ketones is 1. The molecule has 0 radical (unpaired) electrons. The first-order valence-corrected chi connectivity index (χ1v) is 11.9. The summed E-state index contributed by atoms with van der Waals surface area (Å²) < 4.78 is 22.2. The fourth-order valence-corrected chi connectivity index (χ4v) is 4.39. The van der Waals surface area contributed by atoms with Gasteiger partial charge >= 0.3 is 0 Å². The third-order valence-electron chi connectivity index (χ3n) is 6.03. The van der Waals surface area contributed by atoms with Crippen molar-refractivity contribution in [2.75, 3.05) is 32.3 Å². The molecule has 192 valence electrons. The van der Waals surface area contributed by atoms with Gasteiger partial charge in [-0.15, -0.1) is 0 Å². The summed E-state index contributed by atoms with van der Waals surface area (Å²) in [6, 6.07) is 17.8. The Kier molecular flexibility index (Phi) is 7.67. The van der Waals surface area contributed by atoms with E-state index in [1.165, 1.54) is 19.1 Å². The van der Waals surface area contributed by atoms with Gasteiger partial charge in [0.1, 0.15) is 17.3 Å². The number of carbonyl (C=O) groups excluding carboxylic acids is 2. The molecule has 1 fully saturated rings. The molecule has 1 heterocycles. The summed E-state index contributed by atoms with van der Waals surface area (Å²) in [5, 5.41) is 11.4. The van der Waals surface area contributed by atoms with Crippen LogP contribution in [0, 0.1) is 0 Å². The van der Waals surface area contributed by atoms with E-state index in [0.717, 1.165) is 0 Å². The quantitative estimate of drug-likeness (QED) is 0.246. The second-order valence-electron chi connectivity index (χ2n) is 8.14. The van der Waals surface area contributed by atoms with Crippen LogP contribution in [-0.2, 0) is 9.59 Å². The summed E-state index contributed by atoms with van der Waals surface area (Å²) in [6.07, 6.45) is 0. The Balaban J connectivity index is 1.94. The van der Waals surface area contributed by atoms with Crippen molar-refractivity contribution in [1.29, 1.82) is 0 Å². The molecular weight excluding hydrogens is 474 g/mol. The minimum atomic E-state index is -0.951. The number of hydrogen-bond acceptors (Lipinski definition) is 7. The molecule has 37 heavy (non-hydrogen) atoms. The highest BCUT2D eigenvalue weighted by molar-refractivity contribution is 6.52. The number of para-hydroxylation sites is 2. The number of hydrogen-bond donors (Lipinski definition) is 1. The number of ether oxygens (including phenoxy) is 4. The van der Waals surface area contributed by atoms with Crippen molar-refractivity contribution >= 4 is 23.1 Å². The number of aliphatic hydroxyl groups excluding tert-OH is 1. The highest BCUT2D eigenvalue weighted by Gasteiger charge is 2.48. The molecule has 0 spiro atoms. The standard InChI is InChI=1S/C29H29NO7/c1-5-36-20-14-11-18(12-15-20)27(31)25-26(19-13-16-23(35-4)24(17-19)37-6-2)30(29(33)28(25)32)21-9-7-8-10-22(21)34-3/h7-17,26,31H,5-6H2,1-4H3/b27-25-. The lowest BCUT2D eigenvalue weighted by Crippen LogP contribution is -2.29. The number of nitrogens with zero attached hydrogens (tertiary/aromatic N) is 1. The molecule has 1 amide bonds. The van der Waals surface area contributed by atoms with Crippen molar-refractivity contribution in [3.05, 3.63) is 83.4 Å². The Bertz CT molecular complexity index is 1330. The lowest BCUT2D eigenvalue weighted by atomic mass is 9.94. The maximum atomic E-state index is 13.5. The highest BCUT2D eigenvalue weighted by atomic mass is 16.5. The largest absolute Gasteiger partial charge is 0.507 e. The van der Waals surface area contributed by atoms with E-state index in [9.17, 15) is 14.7 Å². The Morgan fingerprint density at radius 1 is 0.838 bits per heavy atom. The first-order chi connectivity index (χ1) is 17.9. The number of Topliss-reactive ketones (excluding diaryl/α,β-unsaturated/α-hetero) is 1. The molecule has 0 aromatic heterocycles. The summed E-state index contributed by atoms with van der Waals surface area (Å²) in [5.41, 5.74) is 1.29. The molecule has 4 rings (SSSR count). The Morgan fingerprint density at radius 3 is 2.16 bits per heavy atom. The van der Waals surface area contributed by atoms with Crippen molar-refractivity contribution in [3.63, 3.8) is 0 Å². The average Bonchev–Trinajstić information content (AvgIpc) is 3.19. The summed E-state index contributed by atoms with van der Waals surface area (Å²) in [7, 11) is 3.02. The molecular formula is C29H29NO7. The molecule has 1 saturated heterocycles. The molecule has 1 unspecified atom stereocenters. The Labute approximate surface area is 215 Å². The van der Waals surface area contributed by atoms with Crippen LogP contribution in [0.4, 0.5) is 5.69 Å². The number of aliphatic hydroxyl groups is 1. The van der Waals surface area contributed by atoms with Gasteiger partial charge in [0, 0.05) is 5.56 Å². The SMILES string of the molecule is CCOc1ccc(/C(O)=C2/C(=O)C(=O)N(c3ccccc3OC)C2c2ccc(OC)c(OCC)c2)cc1. The first-order valence-electron chi connectivity index (χ1n) is 11.9. The van der Waals surface area contributed by atoms with Crippen molar-refractivity contribution in [2.24, 2.45) is 0 Å². The maximum Gasteiger partial charge on any atom is 0.300 e. The Hall–Kier alpha value is -4.46. The zero-order valence-corrected chi connectivity index (χ0v) is 21.2. The molecule has 1 aliphatic heterocycles. The summed E-state index contributed by atoms with van der Waals surface area (Å²) in [4.78, 5) is 28.3. The number of anilines is 1. The molecule has 1 N–H and O–H groups in total. The van der Waals surface area contributed by atoms with E-state index in [0.29, 0.717) is 53.0 Å². The third kappa shape index (κ3) is 4.82. The first kappa shape index (κ1) is 25.6. The zero-order valence-electron chi connectivity index (χ0n) is 21.2. The maximum absolute atomic E-state index is 13.5. The molecule has 0 saturated carbocycles. The van der Waals surface area contributed by atoms with Crippen LogP contribution in [0.5, 0.6) is 23.0 Å². The van der Waals surface area contributed by atoms with Gasteiger partial charge in [0.15, 0.2) is 11.5 Å². The predicted molar refractivity (Wildman–Crippen MR) is 140 cm³/mol. The predicted octanol–water partition coefficient (Wildman–Crippen LogP) is 5.13. The fourth-order valence-electron chi connectivity index (χ4n) is 4.39. The van der Waals surface area contributed by atoms with E-state index in [2.05, 4.69) is 0 Å². The van der Waals surface area contributed by atoms with Crippen molar-refractivity contribution in [2.45, 2.75) is 19.9 Å². The summed E-state index contributed by atoms with van der Waals surface area (Å²) in [5.74, 6) is 0.112. The number of methoxy groups -OCH3 is 2. The summed E-state index contributed by atoms with van der Waals surface area (Å²) in [6.45, 7) is 4.60. The van der Waals surface area contributed by atoms with E-state index >= 15 is 0 Å². The van der Waals surface area contributed by atoms with Gasteiger partial charge < -0.3 is 24.1 Å². The number of amides is 1. The minimum absolute atomic E-state index is 0.0484. The molecule has 1 atom stereocenters. The lowest BCUT2D eigenvalue weighted by molar-refractivity contribution is -0.132. The molecule has 8 nitrogen and oxygen atoms in total. The van der Waals surface area contributed by atoms with Gasteiger partial charge in [-0.2, -0.15) is 0 Å². The number of carbonyl (C=O) groups is 2. The van der Waals surface area contributed by atoms with E-state index in [-0.39, 0.29) is 11.3 Å². The van der Waals surface area contributed by atoms with E-state index in [4.69, 9.17) is 18.9 Å². The van der Waals surface area contributed by atoms with Crippen molar-refractivity contribution in [1.82, 2.24) is 0 Å². The van der Waals surface area contributed by atoms with Gasteiger partial charge in [-0.1, -0.05) is 18.2 Å². The van der Waals surface area contributed by atoms with Gasteiger partial charge in [-0.25, -0.2) is 0 Å². The van der Waals surface area contributed by atoms with Gasteiger partial charge in [0.25, 0.3) is 11.7 Å². The minimum Gasteiger partial charge on any atom is -0.507 e. The van der Waals surface area contributed by atoms with Crippen LogP contribution in [-0.4, -0.2) is 44.2 Å². The summed E-state index contributed by atoms with van der Waals surface area (Å²) >= 11 is 0. The molecule has 8 heteroatoms. The van der Waals surface area contributed by atoms with Crippen LogP contribution in [0.3, 0.4) is 0 Å². The molecule has 0 bridgehead atoms. The second-order valence-corrected chi connectivity index (χ2v) is 8.14. The average molecular weight is 504 g/mol. The number of benzene rings is 3. The van der Waals surface area contributed by atoms with E-state index < -0.39 is 17.7 Å². The monoisotopic (exact) mass is 503 g/mol. The molecule has 3 aromatic carbocycles. The third-order valence-corrected chi connectivity index (χ3v) is 6.03. The van der Waals surface area contributed by atoms with Crippen LogP contribution in [0.25, 0.3) is 5.76 Å². The smallest absolute Gasteiger partial charge is 0.300 e. The zero-order chi connectivity index (χ0) is 26.5. The van der Waals surface area contributed by atoms with Crippen LogP contribution in [0.15, 0.2) is 72.3 Å². The molecule has 3 aromatic rings. The van der Waals surface area contributed by atoms with Crippen LogP contribution in [0.1, 0.15) is 31.0 Å². The van der Waals surface area contributed by atoms with Crippen LogP contribution < -0.4 is 23.8 Å². The van der Waals surface area contributed by atoms with Crippen LogP contribution >= 0.6 is 0 Å². The van der Waals surface area contributed by atoms with Gasteiger partial charge in [-0.3, -0.25) is 14.5 Å². The fraction of sp³-hybridized carbons (Fsp3) is 0.241. The van der Waals surface area contributed by atoms with E-state index in [1.807, 2.05) is 13.8 Å². The second kappa shape index (κ2) is 11.1. The Morgan fingerprint density at radius 2 is 1.51 bits per heavy atom. The van der Waals surface area contributed by atoms with Gasteiger partial charge in [-0.05, 0) is 67.9 Å². The molecule has 1 aliphatic rings. The van der Waals surface area contributed by atoms with E-state index in [1.54, 1.807) is 66.7 Å². The molecule has 0 aliphatic carbocycles. The van der Waals surface area contributed by atoms with Crippen molar-refractivity contribution < 1.29 is 33.6 Å². The highest BCUT2D eigenvalue weighted by Crippen LogP contribution is 2.46. The van der Waals surface area contributed by atoms with Crippen LogP contribution in [0.2, 0.25) is 0 Å². The topological polar surface area (TPSA) is 94.5 Å². The lowest BCUT2D eigenvalue weighted by Gasteiger charge is -2.27. The number of rotatable bonds is 9. The van der Waals surface area contributed by atoms with Gasteiger partial charge in [0.05, 0.1) is 44.7 Å². The normalized spacial score (nSPS) is 16.5. The van der Waals surface area contributed by atoms with Crippen molar-refractivity contribution in [3.8, 4) is 23.0 Å². The van der Waals surface area contributed by atoms with Gasteiger partial charge in [0.2, 0.25) is 0 Å².